The highest BCUT2D eigenvalue weighted by Crippen LogP contribution is 2.23. The number of nitrogens with zero attached hydrogens (tertiary/aromatic N) is 2. The molecule has 0 fully saturated rings. The molecule has 1 aromatic heterocycles. The van der Waals surface area contributed by atoms with E-state index in [2.05, 4.69) is 15.6 Å². The number of methoxy groups -OCH3 is 1. The molecule has 152 valence electrons. The number of ether oxygens (including phenoxy) is 2. The van der Waals surface area contributed by atoms with Crippen LogP contribution < -0.4 is 15.4 Å². The Balaban J connectivity index is 1.59. The van der Waals surface area contributed by atoms with Crippen molar-refractivity contribution in [2.45, 2.75) is 13.5 Å². The average molecular weight is 398 g/mol. The maximum atomic E-state index is 14.5. The van der Waals surface area contributed by atoms with E-state index in [1.54, 1.807) is 61.3 Å². The van der Waals surface area contributed by atoms with E-state index >= 15 is 0 Å². The largest absolute Gasteiger partial charge is 0.489 e. The van der Waals surface area contributed by atoms with Crippen molar-refractivity contribution in [3.05, 3.63) is 72.1 Å². The molecule has 3 aromatic rings. The smallest absolute Gasteiger partial charge is 0.319 e. The normalized spacial score (nSPS) is 10.6. The minimum Gasteiger partial charge on any atom is -0.489 e. The Morgan fingerprint density at radius 1 is 1.21 bits per heavy atom. The van der Waals surface area contributed by atoms with E-state index in [0.717, 1.165) is 0 Å². The maximum Gasteiger partial charge on any atom is 0.319 e. The Labute approximate surface area is 168 Å². The van der Waals surface area contributed by atoms with Crippen LogP contribution in [0.2, 0.25) is 0 Å². The van der Waals surface area contributed by atoms with Gasteiger partial charge in [0.2, 0.25) is 0 Å². The first-order valence-corrected chi connectivity index (χ1v) is 9.13. The van der Waals surface area contributed by atoms with Crippen molar-refractivity contribution >= 4 is 11.7 Å². The van der Waals surface area contributed by atoms with Crippen LogP contribution in [-0.2, 0) is 11.3 Å². The van der Waals surface area contributed by atoms with Gasteiger partial charge >= 0.3 is 6.03 Å². The Kier molecular flexibility index (Phi) is 6.80. The number of para-hydroxylation sites is 2. The number of carbonyl (C=O) groups excluding carboxylic acids is 1. The van der Waals surface area contributed by atoms with Crippen molar-refractivity contribution in [3.63, 3.8) is 0 Å². The standard InChI is InChI=1S/C21H23FN4O3/c1-15-23-9-10-26(15)19-8-7-16(13-17(19)22)14-24-21(27)25-18-5-3-4-6-20(18)29-12-11-28-2/h3-10,13H,11-12,14H2,1-2H3,(H2,24,25,27). The lowest BCUT2D eigenvalue weighted by atomic mass is 10.2. The van der Waals surface area contributed by atoms with Crippen LogP contribution >= 0.6 is 0 Å². The predicted molar refractivity (Wildman–Crippen MR) is 108 cm³/mol. The molecule has 2 N–H and O–H groups in total. The average Bonchev–Trinajstić information content (AvgIpc) is 3.13. The fraction of sp³-hybridized carbons (Fsp3) is 0.238. The van der Waals surface area contributed by atoms with Gasteiger partial charge in [-0.15, -0.1) is 0 Å². The van der Waals surface area contributed by atoms with Crippen LogP contribution in [-0.4, -0.2) is 35.9 Å². The molecule has 0 saturated carbocycles. The van der Waals surface area contributed by atoms with Gasteiger partial charge in [0.25, 0.3) is 0 Å². The van der Waals surface area contributed by atoms with E-state index in [4.69, 9.17) is 9.47 Å². The van der Waals surface area contributed by atoms with Crippen LogP contribution in [0, 0.1) is 12.7 Å². The monoisotopic (exact) mass is 398 g/mol. The van der Waals surface area contributed by atoms with E-state index in [1.807, 2.05) is 6.07 Å². The lowest BCUT2D eigenvalue weighted by Gasteiger charge is -2.13. The highest BCUT2D eigenvalue weighted by molar-refractivity contribution is 5.90. The molecule has 2 amide bonds. The first-order chi connectivity index (χ1) is 14.1. The Hall–Kier alpha value is -3.39. The van der Waals surface area contributed by atoms with Crippen molar-refractivity contribution in [2.24, 2.45) is 0 Å². The molecule has 0 radical (unpaired) electrons. The number of anilines is 1. The number of nitrogens with one attached hydrogen (secondary N) is 2. The van der Waals surface area contributed by atoms with Crippen LogP contribution in [0.3, 0.4) is 0 Å². The fourth-order valence-electron chi connectivity index (χ4n) is 2.77. The first kappa shape index (κ1) is 20.3. The Morgan fingerprint density at radius 3 is 2.76 bits per heavy atom. The van der Waals surface area contributed by atoms with E-state index in [9.17, 15) is 9.18 Å². The molecule has 29 heavy (non-hydrogen) atoms. The molecule has 0 spiro atoms. The van der Waals surface area contributed by atoms with Crippen LogP contribution in [0.25, 0.3) is 5.69 Å². The van der Waals surface area contributed by atoms with Gasteiger partial charge in [-0.05, 0) is 36.8 Å². The second-order valence-corrected chi connectivity index (χ2v) is 6.28. The second kappa shape index (κ2) is 9.70. The molecule has 0 aliphatic heterocycles. The molecule has 1 heterocycles. The summed E-state index contributed by atoms with van der Waals surface area (Å²) >= 11 is 0. The molecule has 0 saturated heterocycles. The highest BCUT2D eigenvalue weighted by atomic mass is 19.1. The van der Waals surface area contributed by atoms with Gasteiger partial charge in [-0.3, -0.25) is 0 Å². The number of hydrogen-bond donors (Lipinski definition) is 2. The second-order valence-electron chi connectivity index (χ2n) is 6.28. The zero-order chi connectivity index (χ0) is 20.6. The molecule has 3 rings (SSSR count). The lowest BCUT2D eigenvalue weighted by molar-refractivity contribution is 0.146. The minimum absolute atomic E-state index is 0.179. The number of hydrogen-bond acceptors (Lipinski definition) is 4. The molecule has 0 bridgehead atoms. The zero-order valence-corrected chi connectivity index (χ0v) is 16.3. The van der Waals surface area contributed by atoms with Crippen molar-refractivity contribution < 1.29 is 18.7 Å². The van der Waals surface area contributed by atoms with Crippen LogP contribution in [0.5, 0.6) is 5.75 Å². The van der Waals surface area contributed by atoms with Crippen molar-refractivity contribution in [3.8, 4) is 11.4 Å². The molecule has 0 atom stereocenters. The highest BCUT2D eigenvalue weighted by Gasteiger charge is 2.10. The number of aromatic nitrogens is 2. The van der Waals surface area contributed by atoms with Crippen molar-refractivity contribution in [1.82, 2.24) is 14.9 Å². The third kappa shape index (κ3) is 5.32. The lowest BCUT2D eigenvalue weighted by Crippen LogP contribution is -2.28. The molecule has 0 aliphatic carbocycles. The number of urea groups is 1. The van der Waals surface area contributed by atoms with Crippen molar-refractivity contribution in [1.29, 1.82) is 0 Å². The number of imidazole rings is 1. The predicted octanol–water partition coefficient (Wildman–Crippen LogP) is 3.67. The summed E-state index contributed by atoms with van der Waals surface area (Å²) < 4.78 is 26.7. The zero-order valence-electron chi connectivity index (χ0n) is 16.3. The molecular formula is C21H23FN4O3. The summed E-state index contributed by atoms with van der Waals surface area (Å²) in [5.41, 5.74) is 1.59. The minimum atomic E-state index is -0.414. The van der Waals surface area contributed by atoms with Gasteiger partial charge in [0, 0.05) is 26.0 Å². The third-order valence-electron chi connectivity index (χ3n) is 4.23. The summed E-state index contributed by atoms with van der Waals surface area (Å²) in [6.45, 7) is 2.80. The molecule has 0 aliphatic rings. The van der Waals surface area contributed by atoms with Crippen LogP contribution in [0.1, 0.15) is 11.4 Å². The third-order valence-corrected chi connectivity index (χ3v) is 4.23. The quantitative estimate of drug-likeness (QED) is 0.568. The Bertz CT molecular complexity index is 974. The maximum absolute atomic E-state index is 14.5. The van der Waals surface area contributed by atoms with Crippen LogP contribution in [0.15, 0.2) is 54.9 Å². The molecule has 8 heteroatoms. The van der Waals surface area contributed by atoms with Gasteiger partial charge in [0.15, 0.2) is 0 Å². The van der Waals surface area contributed by atoms with E-state index in [0.29, 0.717) is 41.7 Å². The number of amides is 2. The van der Waals surface area contributed by atoms with E-state index in [-0.39, 0.29) is 12.4 Å². The summed E-state index contributed by atoms with van der Waals surface area (Å²) in [6, 6.07) is 11.5. The first-order valence-electron chi connectivity index (χ1n) is 9.13. The topological polar surface area (TPSA) is 77.4 Å². The molecular weight excluding hydrogens is 375 g/mol. The molecule has 2 aromatic carbocycles. The fourth-order valence-corrected chi connectivity index (χ4v) is 2.77. The molecule has 0 unspecified atom stereocenters. The Morgan fingerprint density at radius 2 is 2.03 bits per heavy atom. The van der Waals surface area contributed by atoms with Crippen LogP contribution in [0.4, 0.5) is 14.9 Å². The summed E-state index contributed by atoms with van der Waals surface area (Å²) in [6.07, 6.45) is 3.32. The molecule has 7 nitrogen and oxygen atoms in total. The summed E-state index contributed by atoms with van der Waals surface area (Å²) in [5.74, 6) is 0.856. The summed E-state index contributed by atoms with van der Waals surface area (Å²) in [5, 5.41) is 5.46. The number of benzene rings is 2. The van der Waals surface area contributed by atoms with Crippen molar-refractivity contribution in [2.75, 3.05) is 25.6 Å². The van der Waals surface area contributed by atoms with E-state index < -0.39 is 6.03 Å². The summed E-state index contributed by atoms with van der Waals surface area (Å²) in [7, 11) is 1.59. The van der Waals surface area contributed by atoms with Gasteiger partial charge in [-0.2, -0.15) is 0 Å². The van der Waals surface area contributed by atoms with Gasteiger partial charge in [0.1, 0.15) is 24.0 Å². The SMILES string of the molecule is COCCOc1ccccc1NC(=O)NCc1ccc(-n2ccnc2C)c(F)c1. The van der Waals surface area contributed by atoms with Gasteiger partial charge in [0.05, 0.1) is 18.0 Å². The number of rotatable bonds is 8. The van der Waals surface area contributed by atoms with E-state index in [1.165, 1.54) is 6.07 Å². The number of carbonyl (C=O) groups is 1. The number of aryl methyl sites for hydroxylation is 1. The number of halogens is 1. The van der Waals surface area contributed by atoms with Gasteiger partial charge in [-0.25, -0.2) is 14.2 Å². The van der Waals surface area contributed by atoms with Gasteiger partial charge in [-0.1, -0.05) is 18.2 Å². The summed E-state index contributed by atoms with van der Waals surface area (Å²) in [4.78, 5) is 16.3. The van der Waals surface area contributed by atoms with Gasteiger partial charge < -0.3 is 24.7 Å².